The summed E-state index contributed by atoms with van der Waals surface area (Å²) in [6.45, 7) is 6.27. The van der Waals surface area contributed by atoms with Gasteiger partial charge in [0.2, 0.25) is 5.95 Å². The molecule has 0 atom stereocenters. The Hall–Kier alpha value is -1.89. The Morgan fingerprint density at radius 2 is 2.05 bits per heavy atom. The maximum absolute atomic E-state index is 4.46. The Bertz CT molecular complexity index is 573. The summed E-state index contributed by atoms with van der Waals surface area (Å²) >= 11 is 0. The second-order valence-corrected chi connectivity index (χ2v) is 6.00. The van der Waals surface area contributed by atoms with Gasteiger partial charge in [0.15, 0.2) is 11.5 Å². The average molecular weight is 277 g/mol. The first-order chi connectivity index (χ1) is 9.41. The molecule has 0 fully saturated rings. The molecule has 2 aromatic rings. The standard InChI is InChI=1S/C13H23N7/c1-13(2,7-20(4)5)6-15-10-9-11(17-8-16-9)19-12(14-3)18-10/h8H,6-7H2,1-5H3,(H3,14,15,16,17,18,19). The predicted octanol–water partition coefficient (Wildman–Crippen LogP) is 1.39. The zero-order valence-electron chi connectivity index (χ0n) is 12.8. The fourth-order valence-corrected chi connectivity index (χ4v) is 2.31. The summed E-state index contributed by atoms with van der Waals surface area (Å²) in [7, 11) is 5.96. The molecule has 0 spiro atoms. The molecule has 0 unspecified atom stereocenters. The number of nitrogens with one attached hydrogen (secondary N) is 3. The molecular weight excluding hydrogens is 254 g/mol. The van der Waals surface area contributed by atoms with E-state index >= 15 is 0 Å². The van der Waals surface area contributed by atoms with Crippen LogP contribution in [0, 0.1) is 5.41 Å². The fraction of sp³-hybridized carbons (Fsp3) is 0.615. The van der Waals surface area contributed by atoms with E-state index in [0.717, 1.165) is 24.4 Å². The number of rotatable bonds is 6. The van der Waals surface area contributed by atoms with Gasteiger partial charge >= 0.3 is 0 Å². The van der Waals surface area contributed by atoms with Crippen molar-refractivity contribution in [2.75, 3.05) is 44.9 Å². The number of fused-ring (bicyclic) bond motifs is 1. The lowest BCUT2D eigenvalue weighted by molar-refractivity contribution is 0.254. The van der Waals surface area contributed by atoms with Gasteiger partial charge in [0.05, 0.1) is 6.33 Å². The minimum absolute atomic E-state index is 0.139. The highest BCUT2D eigenvalue weighted by molar-refractivity contribution is 5.83. The molecule has 7 nitrogen and oxygen atoms in total. The van der Waals surface area contributed by atoms with Crippen molar-refractivity contribution in [3.05, 3.63) is 6.33 Å². The average Bonchev–Trinajstić information content (AvgIpc) is 2.82. The lowest BCUT2D eigenvalue weighted by Crippen LogP contribution is -2.34. The molecule has 2 aromatic heterocycles. The minimum Gasteiger partial charge on any atom is -0.368 e. The van der Waals surface area contributed by atoms with E-state index in [1.807, 2.05) is 0 Å². The van der Waals surface area contributed by atoms with Crippen molar-refractivity contribution in [2.45, 2.75) is 13.8 Å². The van der Waals surface area contributed by atoms with Crippen molar-refractivity contribution in [1.82, 2.24) is 24.8 Å². The number of H-pyrrole nitrogens is 1. The van der Waals surface area contributed by atoms with Gasteiger partial charge in [-0.15, -0.1) is 0 Å². The first-order valence-electron chi connectivity index (χ1n) is 6.69. The molecule has 110 valence electrons. The van der Waals surface area contributed by atoms with Gasteiger partial charge in [0, 0.05) is 20.1 Å². The predicted molar refractivity (Wildman–Crippen MR) is 82.1 cm³/mol. The van der Waals surface area contributed by atoms with Gasteiger partial charge in [0.25, 0.3) is 0 Å². The smallest absolute Gasteiger partial charge is 0.226 e. The van der Waals surface area contributed by atoms with Crippen LogP contribution in [0.2, 0.25) is 0 Å². The molecule has 7 heteroatoms. The summed E-state index contributed by atoms with van der Waals surface area (Å²) in [5, 5.41) is 6.36. The van der Waals surface area contributed by atoms with Gasteiger partial charge < -0.3 is 20.5 Å². The number of hydrogen-bond donors (Lipinski definition) is 3. The molecule has 3 N–H and O–H groups in total. The monoisotopic (exact) mass is 277 g/mol. The Balaban J connectivity index is 2.18. The van der Waals surface area contributed by atoms with Crippen LogP contribution in [0.25, 0.3) is 11.2 Å². The highest BCUT2D eigenvalue weighted by Gasteiger charge is 2.20. The van der Waals surface area contributed by atoms with Gasteiger partial charge in [-0.2, -0.15) is 9.97 Å². The van der Waals surface area contributed by atoms with Gasteiger partial charge in [-0.05, 0) is 19.5 Å². The Morgan fingerprint density at radius 3 is 2.70 bits per heavy atom. The maximum atomic E-state index is 4.46. The third-order valence-electron chi connectivity index (χ3n) is 2.99. The molecule has 20 heavy (non-hydrogen) atoms. The zero-order valence-corrected chi connectivity index (χ0v) is 12.8. The zero-order chi connectivity index (χ0) is 14.8. The van der Waals surface area contributed by atoms with E-state index in [1.165, 1.54) is 0 Å². The highest BCUT2D eigenvalue weighted by atomic mass is 15.2. The van der Waals surface area contributed by atoms with Crippen LogP contribution in [-0.2, 0) is 0 Å². The Labute approximate surface area is 119 Å². The van der Waals surface area contributed by atoms with E-state index in [9.17, 15) is 0 Å². The first-order valence-corrected chi connectivity index (χ1v) is 6.69. The maximum Gasteiger partial charge on any atom is 0.226 e. The van der Waals surface area contributed by atoms with Crippen LogP contribution >= 0.6 is 0 Å². The third kappa shape index (κ3) is 3.36. The van der Waals surface area contributed by atoms with Crippen LogP contribution in [0.5, 0.6) is 0 Å². The Morgan fingerprint density at radius 1 is 1.30 bits per heavy atom. The molecule has 0 amide bonds. The van der Waals surface area contributed by atoms with Crippen molar-refractivity contribution in [3.8, 4) is 0 Å². The van der Waals surface area contributed by atoms with Crippen molar-refractivity contribution < 1.29 is 0 Å². The number of hydrogen-bond acceptors (Lipinski definition) is 6. The molecule has 0 aliphatic carbocycles. The summed E-state index contributed by atoms with van der Waals surface area (Å²) < 4.78 is 0. The quantitative estimate of drug-likeness (QED) is 0.740. The molecule has 0 saturated carbocycles. The molecule has 0 aromatic carbocycles. The van der Waals surface area contributed by atoms with Crippen LogP contribution in [0.3, 0.4) is 0 Å². The fourth-order valence-electron chi connectivity index (χ4n) is 2.31. The topological polar surface area (TPSA) is 81.8 Å². The van der Waals surface area contributed by atoms with Gasteiger partial charge in [-0.25, -0.2) is 4.98 Å². The first kappa shape index (κ1) is 14.5. The van der Waals surface area contributed by atoms with Crippen LogP contribution in [0.1, 0.15) is 13.8 Å². The number of aromatic nitrogens is 4. The summed E-state index contributed by atoms with van der Waals surface area (Å²) in [5.74, 6) is 1.35. The molecule has 2 rings (SSSR count). The van der Waals surface area contributed by atoms with E-state index < -0.39 is 0 Å². The summed E-state index contributed by atoms with van der Waals surface area (Å²) in [6, 6.07) is 0. The lowest BCUT2D eigenvalue weighted by atomic mass is 9.93. The molecule has 2 heterocycles. The van der Waals surface area contributed by atoms with E-state index in [2.05, 4.69) is 63.4 Å². The van der Waals surface area contributed by atoms with E-state index in [1.54, 1.807) is 13.4 Å². The van der Waals surface area contributed by atoms with Crippen LogP contribution in [-0.4, -0.2) is 59.1 Å². The molecule has 0 bridgehead atoms. The molecule has 0 aliphatic heterocycles. The largest absolute Gasteiger partial charge is 0.368 e. The van der Waals surface area contributed by atoms with Crippen LogP contribution in [0.4, 0.5) is 11.8 Å². The molecule has 0 aliphatic rings. The van der Waals surface area contributed by atoms with Crippen LogP contribution < -0.4 is 10.6 Å². The number of nitrogens with zero attached hydrogens (tertiary/aromatic N) is 4. The summed E-state index contributed by atoms with van der Waals surface area (Å²) in [6.07, 6.45) is 1.63. The van der Waals surface area contributed by atoms with Gasteiger partial charge in [0.1, 0.15) is 5.52 Å². The SMILES string of the molecule is CNc1nc(NCC(C)(C)CN(C)C)c2[nH]cnc2n1. The molecule has 0 saturated heterocycles. The second-order valence-electron chi connectivity index (χ2n) is 6.00. The molecular formula is C13H23N7. The molecule has 0 radical (unpaired) electrons. The third-order valence-corrected chi connectivity index (χ3v) is 2.99. The van der Waals surface area contributed by atoms with E-state index in [4.69, 9.17) is 0 Å². The highest BCUT2D eigenvalue weighted by Crippen LogP contribution is 2.21. The van der Waals surface area contributed by atoms with E-state index in [-0.39, 0.29) is 5.41 Å². The number of imidazole rings is 1. The normalized spacial score (nSPS) is 12.1. The Kier molecular flexibility index (Phi) is 4.08. The summed E-state index contributed by atoms with van der Waals surface area (Å²) in [4.78, 5) is 18.2. The van der Waals surface area contributed by atoms with Crippen LogP contribution in [0.15, 0.2) is 6.33 Å². The van der Waals surface area contributed by atoms with Crippen molar-refractivity contribution in [2.24, 2.45) is 5.41 Å². The minimum atomic E-state index is 0.139. The van der Waals surface area contributed by atoms with Gasteiger partial charge in [-0.3, -0.25) is 0 Å². The van der Waals surface area contributed by atoms with Gasteiger partial charge in [-0.1, -0.05) is 13.8 Å². The van der Waals surface area contributed by atoms with E-state index in [0.29, 0.717) is 11.6 Å². The van der Waals surface area contributed by atoms with Crippen molar-refractivity contribution in [1.29, 1.82) is 0 Å². The van der Waals surface area contributed by atoms with Crippen molar-refractivity contribution in [3.63, 3.8) is 0 Å². The van der Waals surface area contributed by atoms with Crippen molar-refractivity contribution >= 4 is 22.9 Å². The lowest BCUT2D eigenvalue weighted by Gasteiger charge is -2.28. The summed E-state index contributed by atoms with van der Waals surface area (Å²) in [5.41, 5.74) is 1.64. The number of anilines is 2. The number of aromatic amines is 1. The second kappa shape index (κ2) is 5.62.